The summed E-state index contributed by atoms with van der Waals surface area (Å²) in [5, 5.41) is 14.8. The molecular formula is C35H41FN8O3Se. The van der Waals surface area contributed by atoms with E-state index in [1.165, 1.54) is 4.46 Å². The van der Waals surface area contributed by atoms with Crippen LogP contribution in [0, 0.1) is 5.41 Å². The number of fused-ring (bicyclic) bond motifs is 2. The topological polar surface area (TPSA) is 105 Å². The molecule has 1 aliphatic heterocycles. The van der Waals surface area contributed by atoms with Crippen LogP contribution in [0.5, 0.6) is 0 Å². The van der Waals surface area contributed by atoms with Gasteiger partial charge in [0.25, 0.3) is 0 Å². The number of carbonyl (C=O) groups is 1. The van der Waals surface area contributed by atoms with Crippen molar-refractivity contribution in [3.05, 3.63) is 60.3 Å². The van der Waals surface area contributed by atoms with Crippen LogP contribution in [0.3, 0.4) is 0 Å². The number of benzene rings is 1. The van der Waals surface area contributed by atoms with Crippen molar-refractivity contribution in [3.8, 4) is 11.3 Å². The van der Waals surface area contributed by atoms with Gasteiger partial charge in [-0.2, -0.15) is 0 Å². The van der Waals surface area contributed by atoms with Gasteiger partial charge < -0.3 is 9.64 Å². The SMILES string of the molecule is C[Se]c1cc(-c2cn(Cc3cn4cc(CN(CC56CC(F)(C5)C6)C(=O)OC(C)(C)C)ccc4n3)nn2)c2cnn(C3CCCCO3)c2c1. The van der Waals surface area contributed by atoms with Gasteiger partial charge in [-0.1, -0.05) is 0 Å². The third-order valence-corrected chi connectivity index (χ3v) is 11.2. The number of nitrogens with zero attached hydrogens (tertiary/aromatic N) is 8. The van der Waals surface area contributed by atoms with Crippen molar-refractivity contribution in [2.24, 2.45) is 5.41 Å². The van der Waals surface area contributed by atoms with E-state index in [1.807, 2.05) is 71.5 Å². The number of imidazole rings is 1. The maximum absolute atomic E-state index is 14.3. The molecule has 48 heavy (non-hydrogen) atoms. The molecule has 1 saturated heterocycles. The molecule has 2 bridgehead atoms. The Morgan fingerprint density at radius 2 is 2.00 bits per heavy atom. The van der Waals surface area contributed by atoms with Crippen molar-refractivity contribution in [2.75, 3.05) is 13.2 Å². The van der Waals surface area contributed by atoms with Crippen molar-refractivity contribution in [3.63, 3.8) is 0 Å². The van der Waals surface area contributed by atoms with E-state index in [4.69, 9.17) is 19.6 Å². The third-order valence-electron chi connectivity index (χ3n) is 9.68. The number of hydrogen-bond acceptors (Lipinski definition) is 7. The van der Waals surface area contributed by atoms with Crippen LogP contribution in [-0.4, -0.2) is 84.5 Å². The molecule has 4 fully saturated rings. The number of hydrogen-bond donors (Lipinski definition) is 0. The molecule has 5 heterocycles. The second kappa shape index (κ2) is 11.7. The average Bonchev–Trinajstić information content (AvgIpc) is 3.76. The van der Waals surface area contributed by atoms with Crippen LogP contribution < -0.4 is 4.46 Å². The predicted molar refractivity (Wildman–Crippen MR) is 180 cm³/mol. The zero-order valence-corrected chi connectivity index (χ0v) is 29.6. The summed E-state index contributed by atoms with van der Waals surface area (Å²) in [6, 6.07) is 8.39. The molecule has 1 atom stereocenters. The molecule has 9 rings (SSSR count). The number of rotatable bonds is 9. The number of ether oxygens (including phenoxy) is 2. The normalized spacial score (nSPS) is 23.6. The summed E-state index contributed by atoms with van der Waals surface area (Å²) < 4.78 is 33.2. The summed E-state index contributed by atoms with van der Waals surface area (Å²) in [6.45, 7) is 7.69. The quantitative estimate of drug-likeness (QED) is 0.180. The van der Waals surface area contributed by atoms with Crippen molar-refractivity contribution in [2.45, 2.75) is 95.7 Å². The molecular weight excluding hydrogens is 678 g/mol. The fourth-order valence-electron chi connectivity index (χ4n) is 7.69. The van der Waals surface area contributed by atoms with Gasteiger partial charge in [0.15, 0.2) is 0 Å². The van der Waals surface area contributed by atoms with Crippen LogP contribution in [0.4, 0.5) is 9.18 Å². The van der Waals surface area contributed by atoms with Gasteiger partial charge in [-0.3, -0.25) is 0 Å². The minimum atomic E-state index is -1.02. The van der Waals surface area contributed by atoms with E-state index in [1.54, 1.807) is 4.90 Å². The third kappa shape index (κ3) is 6.01. The van der Waals surface area contributed by atoms with Gasteiger partial charge in [-0.15, -0.1) is 0 Å². The zero-order valence-electron chi connectivity index (χ0n) is 27.9. The van der Waals surface area contributed by atoms with E-state index < -0.39 is 11.3 Å². The molecule has 252 valence electrons. The molecule has 3 aliphatic carbocycles. The summed E-state index contributed by atoms with van der Waals surface area (Å²) in [5.41, 5.74) is 3.73. The Labute approximate surface area is 284 Å². The molecule has 1 unspecified atom stereocenters. The maximum atomic E-state index is 14.3. The number of carbonyl (C=O) groups excluding carboxylic acids is 1. The van der Waals surface area contributed by atoms with Crippen LogP contribution >= 0.6 is 0 Å². The Balaban J connectivity index is 1.01. The molecule has 0 N–H and O–H groups in total. The molecule has 13 heteroatoms. The molecule has 3 saturated carbocycles. The van der Waals surface area contributed by atoms with Crippen LogP contribution in [0.25, 0.3) is 27.8 Å². The summed E-state index contributed by atoms with van der Waals surface area (Å²) >= 11 is 0.301. The van der Waals surface area contributed by atoms with E-state index in [9.17, 15) is 9.18 Å². The number of alkyl halides is 1. The predicted octanol–water partition coefficient (Wildman–Crippen LogP) is 5.70. The first-order chi connectivity index (χ1) is 23.0. The van der Waals surface area contributed by atoms with Gasteiger partial charge in [0.1, 0.15) is 11.3 Å². The van der Waals surface area contributed by atoms with Crippen molar-refractivity contribution < 1.29 is 18.7 Å². The van der Waals surface area contributed by atoms with E-state index >= 15 is 0 Å². The monoisotopic (exact) mass is 720 g/mol. The zero-order chi connectivity index (χ0) is 33.3. The summed E-state index contributed by atoms with van der Waals surface area (Å²) in [6.07, 6.45) is 12.3. The number of halogens is 1. The second-order valence-corrected chi connectivity index (χ2v) is 16.7. The minimum absolute atomic E-state index is 0.0350. The van der Waals surface area contributed by atoms with E-state index in [0.717, 1.165) is 64.9 Å². The molecule has 0 spiro atoms. The van der Waals surface area contributed by atoms with Gasteiger partial charge >= 0.3 is 197 Å². The molecule has 0 radical (unpaired) electrons. The van der Waals surface area contributed by atoms with E-state index in [0.29, 0.717) is 53.9 Å². The fourth-order valence-corrected chi connectivity index (χ4v) is 8.66. The Bertz CT molecular complexity index is 1990. The van der Waals surface area contributed by atoms with Gasteiger partial charge in [0, 0.05) is 6.54 Å². The summed E-state index contributed by atoms with van der Waals surface area (Å²) in [7, 11) is 0. The average molecular weight is 720 g/mol. The van der Waals surface area contributed by atoms with E-state index in [-0.39, 0.29) is 17.7 Å². The van der Waals surface area contributed by atoms with Crippen molar-refractivity contribution >= 4 is 42.1 Å². The number of aromatic nitrogens is 7. The Hall–Kier alpha value is -3.80. The molecule has 5 aromatic rings. The first-order valence-electron chi connectivity index (χ1n) is 16.7. The number of amides is 1. The van der Waals surface area contributed by atoms with Gasteiger partial charge in [0.2, 0.25) is 0 Å². The summed E-state index contributed by atoms with van der Waals surface area (Å²) in [4.78, 5) is 19.8. The molecule has 4 aromatic heterocycles. The van der Waals surface area contributed by atoms with Crippen LogP contribution in [0.2, 0.25) is 5.82 Å². The standard InChI is InChI=1S/C35H41FN8O3Se/c1-33(2,3)47-32(45)42(22-34-19-35(36,20-34)21-34)15-23-8-9-30-38-24(16-41(30)14-23)17-43-18-28(39-40-43)26-11-25(48-4)12-29-27(26)13-37-44(29)31-7-5-6-10-46-31/h8-9,11-14,16,18,31H,5-7,10,15,17,19-22H2,1-4H3. The van der Waals surface area contributed by atoms with Crippen LogP contribution in [-0.2, 0) is 22.6 Å². The number of pyridine rings is 1. The van der Waals surface area contributed by atoms with Gasteiger partial charge in [-0.05, 0) is 45.4 Å². The summed E-state index contributed by atoms with van der Waals surface area (Å²) in [5.74, 6) is 2.22. The molecule has 4 aliphatic rings. The first kappa shape index (κ1) is 31.5. The Morgan fingerprint density at radius 3 is 2.73 bits per heavy atom. The van der Waals surface area contributed by atoms with Gasteiger partial charge in [-0.25, -0.2) is 9.18 Å². The Kier molecular flexibility index (Phi) is 7.65. The van der Waals surface area contributed by atoms with E-state index in [2.05, 4.69) is 28.3 Å². The Morgan fingerprint density at radius 1 is 1.17 bits per heavy atom. The van der Waals surface area contributed by atoms with Crippen molar-refractivity contribution in [1.29, 1.82) is 0 Å². The van der Waals surface area contributed by atoms with Crippen molar-refractivity contribution in [1.82, 2.24) is 39.1 Å². The molecule has 11 nitrogen and oxygen atoms in total. The first-order valence-corrected chi connectivity index (χ1v) is 19.2. The molecule has 1 amide bonds. The van der Waals surface area contributed by atoms with Crippen LogP contribution in [0.1, 0.15) is 76.8 Å². The fraction of sp³-hybridized carbons (Fsp3) is 0.514. The second-order valence-electron chi connectivity index (χ2n) is 14.9. The van der Waals surface area contributed by atoms with Gasteiger partial charge in [0.05, 0.1) is 6.54 Å². The molecule has 1 aromatic carbocycles. The van der Waals surface area contributed by atoms with Crippen LogP contribution in [0.15, 0.2) is 49.1 Å².